The maximum Gasteiger partial charge on any atom is 0.256 e. The van der Waals surface area contributed by atoms with Gasteiger partial charge in [0.05, 0.1) is 17.9 Å². The van der Waals surface area contributed by atoms with Crippen molar-refractivity contribution in [2.75, 3.05) is 16.3 Å². The molecule has 4 aromatic rings. The summed E-state index contributed by atoms with van der Waals surface area (Å²) in [5.41, 5.74) is 9.71. The molecule has 1 aliphatic carbocycles. The van der Waals surface area contributed by atoms with E-state index in [2.05, 4.69) is 12.2 Å². The van der Waals surface area contributed by atoms with Crippen LogP contribution in [0.5, 0.6) is 0 Å². The Bertz CT molecular complexity index is 1790. The maximum absolute atomic E-state index is 14.9. The molecule has 3 amide bonds. The number of carbonyl (C=O) groups is 4. The number of benzene rings is 4. The number of unbranched alkanes of at least 4 members (excludes halogenated alkanes) is 1. The third-order valence-electron chi connectivity index (χ3n) is 9.95. The van der Waals surface area contributed by atoms with Crippen LogP contribution in [0.3, 0.4) is 0 Å². The second kappa shape index (κ2) is 15.3. The summed E-state index contributed by atoms with van der Waals surface area (Å²) in [6, 6.07) is 32.5. The van der Waals surface area contributed by atoms with E-state index < -0.39 is 23.8 Å². The molecule has 8 nitrogen and oxygen atoms in total. The summed E-state index contributed by atoms with van der Waals surface area (Å²) >= 11 is 0. The summed E-state index contributed by atoms with van der Waals surface area (Å²) in [5, 5.41) is 3.13. The minimum absolute atomic E-state index is 0.155. The number of carbonyl (C=O) groups excluding carboxylic acids is 4. The largest absolute Gasteiger partial charge is 0.369 e. The van der Waals surface area contributed by atoms with Crippen LogP contribution < -0.4 is 20.9 Å². The average molecular weight is 657 g/mol. The van der Waals surface area contributed by atoms with E-state index in [0.29, 0.717) is 41.3 Å². The summed E-state index contributed by atoms with van der Waals surface area (Å²) in [6.07, 6.45) is 5.93. The summed E-state index contributed by atoms with van der Waals surface area (Å²) in [7, 11) is 0. The zero-order chi connectivity index (χ0) is 34.3. The van der Waals surface area contributed by atoms with Gasteiger partial charge >= 0.3 is 0 Å². The van der Waals surface area contributed by atoms with E-state index in [1.807, 2.05) is 77.7 Å². The lowest BCUT2D eigenvalue weighted by Gasteiger charge is -2.34. The van der Waals surface area contributed by atoms with Crippen LogP contribution in [0.25, 0.3) is 0 Å². The number of fused-ring (bicyclic) bond motifs is 1. The third-order valence-corrected chi connectivity index (χ3v) is 9.95. The number of amides is 3. The first-order chi connectivity index (χ1) is 23.9. The fourth-order valence-corrected chi connectivity index (χ4v) is 7.07. The summed E-state index contributed by atoms with van der Waals surface area (Å²) in [5.74, 6) is -2.17. The Kier molecular flexibility index (Phi) is 10.5. The molecule has 1 unspecified atom stereocenters. The third kappa shape index (κ3) is 7.43. The minimum atomic E-state index is -0.975. The molecule has 1 heterocycles. The molecule has 0 spiro atoms. The molecule has 49 heavy (non-hydrogen) atoms. The Morgan fingerprint density at radius 2 is 1.43 bits per heavy atom. The molecule has 252 valence electrons. The standard InChI is InChI=1S/C41H44N4O4/c1-2-3-22-33(39(42)47)34(25-28-14-12-15-28)40(48)43-35-27-44(31-19-8-5-9-20-31)36-23-10-11-24-37(36)45(41(35)49)32-21-13-18-30(26-32)38(46)29-16-6-4-7-17-29/h4-11,13,16-21,23-24,26,28,33-35H,2-3,12,14-15,22,25,27H2,1H3,(H2,42,47)(H,43,48)/t33-,34+,35?/m0/s1. The summed E-state index contributed by atoms with van der Waals surface area (Å²) < 4.78 is 0. The number of ketones is 1. The monoisotopic (exact) mass is 656 g/mol. The maximum atomic E-state index is 14.9. The highest BCUT2D eigenvalue weighted by Gasteiger charge is 2.40. The van der Waals surface area contributed by atoms with Crippen LogP contribution in [-0.2, 0) is 14.4 Å². The topological polar surface area (TPSA) is 113 Å². The Morgan fingerprint density at radius 3 is 2.08 bits per heavy atom. The highest BCUT2D eigenvalue weighted by molar-refractivity contribution is 6.12. The van der Waals surface area contributed by atoms with Gasteiger partial charge in [-0.15, -0.1) is 0 Å². The highest BCUT2D eigenvalue weighted by atomic mass is 16.2. The van der Waals surface area contributed by atoms with E-state index in [4.69, 9.17) is 5.73 Å². The molecular formula is C41H44N4O4. The number of para-hydroxylation sites is 3. The van der Waals surface area contributed by atoms with Crippen molar-refractivity contribution >= 4 is 46.3 Å². The molecule has 6 rings (SSSR count). The number of nitrogens with one attached hydrogen (secondary N) is 1. The Morgan fingerprint density at radius 1 is 0.796 bits per heavy atom. The number of hydrogen-bond acceptors (Lipinski definition) is 5. The number of nitrogens with zero attached hydrogens (tertiary/aromatic N) is 2. The second-order valence-corrected chi connectivity index (χ2v) is 13.2. The number of nitrogens with two attached hydrogens (primary N) is 1. The number of anilines is 4. The second-order valence-electron chi connectivity index (χ2n) is 13.2. The lowest BCUT2D eigenvalue weighted by molar-refractivity contribution is -0.136. The van der Waals surface area contributed by atoms with Gasteiger partial charge in [0.2, 0.25) is 11.8 Å². The highest BCUT2D eigenvalue weighted by Crippen LogP contribution is 2.41. The number of hydrogen-bond donors (Lipinski definition) is 2. The molecule has 0 radical (unpaired) electrons. The lowest BCUT2D eigenvalue weighted by Crippen LogP contribution is -2.53. The van der Waals surface area contributed by atoms with Crippen molar-refractivity contribution in [1.82, 2.24) is 5.32 Å². The lowest BCUT2D eigenvalue weighted by atomic mass is 9.73. The average Bonchev–Trinajstić information content (AvgIpc) is 3.23. The Balaban J connectivity index is 1.41. The van der Waals surface area contributed by atoms with Gasteiger partial charge in [-0.05, 0) is 55.2 Å². The van der Waals surface area contributed by atoms with E-state index in [1.54, 1.807) is 41.3 Å². The van der Waals surface area contributed by atoms with Crippen molar-refractivity contribution in [3.8, 4) is 0 Å². The SMILES string of the molecule is CCCC[C@H](C(N)=O)[C@@H](CC1CCC1)C(=O)NC1CN(c2ccccc2)c2ccccc2N(c2cccc(C(=O)c3ccccc3)c2)C1=O. The molecule has 0 saturated heterocycles. The van der Waals surface area contributed by atoms with Gasteiger partial charge in [0.1, 0.15) is 6.04 Å². The first-order valence-electron chi connectivity index (χ1n) is 17.4. The van der Waals surface area contributed by atoms with Crippen LogP contribution >= 0.6 is 0 Å². The van der Waals surface area contributed by atoms with Crippen molar-refractivity contribution < 1.29 is 19.2 Å². The fourth-order valence-electron chi connectivity index (χ4n) is 7.07. The summed E-state index contributed by atoms with van der Waals surface area (Å²) in [4.78, 5) is 59.2. The molecule has 8 heteroatoms. The van der Waals surface area contributed by atoms with Crippen molar-refractivity contribution in [3.63, 3.8) is 0 Å². The zero-order valence-electron chi connectivity index (χ0n) is 28.0. The van der Waals surface area contributed by atoms with Crippen molar-refractivity contribution in [3.05, 3.63) is 120 Å². The zero-order valence-corrected chi connectivity index (χ0v) is 28.0. The predicted molar refractivity (Wildman–Crippen MR) is 193 cm³/mol. The van der Waals surface area contributed by atoms with Crippen LogP contribution in [-0.4, -0.2) is 36.1 Å². The molecule has 3 N–H and O–H groups in total. The van der Waals surface area contributed by atoms with Gasteiger partial charge in [-0.25, -0.2) is 0 Å². The van der Waals surface area contributed by atoms with Crippen molar-refractivity contribution in [2.24, 2.45) is 23.5 Å². The molecular weight excluding hydrogens is 612 g/mol. The normalized spacial score (nSPS) is 17.3. The first-order valence-corrected chi connectivity index (χ1v) is 17.4. The van der Waals surface area contributed by atoms with E-state index >= 15 is 0 Å². The Hall–Kier alpha value is -5.24. The predicted octanol–water partition coefficient (Wildman–Crippen LogP) is 7.32. The van der Waals surface area contributed by atoms with E-state index in [9.17, 15) is 19.2 Å². The van der Waals surface area contributed by atoms with Gasteiger partial charge in [0.25, 0.3) is 5.91 Å². The van der Waals surface area contributed by atoms with Crippen LogP contribution in [0, 0.1) is 17.8 Å². The number of rotatable bonds is 13. The molecule has 0 bridgehead atoms. The molecule has 0 aromatic heterocycles. The van der Waals surface area contributed by atoms with Gasteiger partial charge < -0.3 is 16.0 Å². The first kappa shape index (κ1) is 33.7. The smallest absolute Gasteiger partial charge is 0.256 e. The van der Waals surface area contributed by atoms with Gasteiger partial charge in [-0.1, -0.05) is 112 Å². The van der Waals surface area contributed by atoms with Gasteiger partial charge in [0, 0.05) is 34.3 Å². The molecule has 1 aliphatic heterocycles. The van der Waals surface area contributed by atoms with Crippen molar-refractivity contribution in [1.29, 1.82) is 0 Å². The molecule has 3 atom stereocenters. The quantitative estimate of drug-likeness (QED) is 0.147. The van der Waals surface area contributed by atoms with Gasteiger partial charge in [-0.2, -0.15) is 0 Å². The van der Waals surface area contributed by atoms with Crippen LogP contribution in [0.4, 0.5) is 22.7 Å². The van der Waals surface area contributed by atoms with E-state index in [1.165, 1.54) is 0 Å². The molecule has 2 aliphatic rings. The minimum Gasteiger partial charge on any atom is -0.369 e. The van der Waals surface area contributed by atoms with Gasteiger partial charge in [-0.3, -0.25) is 24.1 Å². The van der Waals surface area contributed by atoms with Crippen LogP contribution in [0.2, 0.25) is 0 Å². The van der Waals surface area contributed by atoms with Crippen molar-refractivity contribution in [2.45, 2.75) is 57.9 Å². The van der Waals surface area contributed by atoms with E-state index in [0.717, 1.165) is 43.5 Å². The molecule has 1 fully saturated rings. The van der Waals surface area contributed by atoms with Gasteiger partial charge in [0.15, 0.2) is 5.78 Å². The molecule has 4 aromatic carbocycles. The molecule has 1 saturated carbocycles. The van der Waals surface area contributed by atoms with Crippen LogP contribution in [0.1, 0.15) is 67.8 Å². The van der Waals surface area contributed by atoms with E-state index in [-0.39, 0.29) is 24.1 Å². The number of primary amides is 1. The summed E-state index contributed by atoms with van der Waals surface area (Å²) in [6.45, 7) is 2.22. The Labute approximate surface area is 288 Å². The van der Waals surface area contributed by atoms with Crippen LogP contribution in [0.15, 0.2) is 109 Å². The fraction of sp³-hybridized carbons (Fsp3) is 0.317.